The average Bonchev–Trinajstić information content (AvgIpc) is 2.29. The zero-order chi connectivity index (χ0) is 12.5. The molecule has 1 aromatic carbocycles. The number of likely N-dealkylation sites (N-methyl/N-ethyl adjacent to an activating group) is 1. The normalized spacial score (nSPS) is 15.4. The van der Waals surface area contributed by atoms with Crippen LogP contribution in [0.4, 0.5) is 14.5 Å². The van der Waals surface area contributed by atoms with Gasteiger partial charge in [0.15, 0.2) is 0 Å². The molecule has 0 bridgehead atoms. The van der Waals surface area contributed by atoms with E-state index in [-0.39, 0.29) is 5.56 Å². The third kappa shape index (κ3) is 2.34. The number of benzene rings is 1. The lowest BCUT2D eigenvalue weighted by molar-refractivity contribution is -0.0269. The van der Waals surface area contributed by atoms with Gasteiger partial charge in [0, 0.05) is 25.6 Å². The van der Waals surface area contributed by atoms with Gasteiger partial charge in [0.2, 0.25) is 0 Å². The molecular formula is C12H15F2NO2. The Morgan fingerprint density at radius 3 is 2.94 bits per heavy atom. The molecule has 5 heteroatoms. The number of halogens is 2. The van der Waals surface area contributed by atoms with Gasteiger partial charge in [0.1, 0.15) is 12.4 Å². The van der Waals surface area contributed by atoms with E-state index < -0.39 is 19.0 Å². The third-order valence-electron chi connectivity index (χ3n) is 2.90. The molecule has 0 amide bonds. The number of rotatable bonds is 3. The number of alkyl halides is 2. The zero-order valence-corrected chi connectivity index (χ0v) is 9.62. The third-order valence-corrected chi connectivity index (χ3v) is 2.90. The fourth-order valence-corrected chi connectivity index (χ4v) is 1.86. The quantitative estimate of drug-likeness (QED) is 0.881. The summed E-state index contributed by atoms with van der Waals surface area (Å²) in [6.45, 7) is 0.717. The Labute approximate surface area is 98.6 Å². The number of hydrogen-bond donors (Lipinski definition) is 1. The summed E-state index contributed by atoms with van der Waals surface area (Å²) < 4.78 is 32.7. The highest BCUT2D eigenvalue weighted by molar-refractivity contribution is 5.61. The number of nitrogens with zero attached hydrogens (tertiary/aromatic N) is 1. The molecule has 0 unspecified atom stereocenters. The maximum Gasteiger partial charge on any atom is 0.275 e. The van der Waals surface area contributed by atoms with E-state index in [0.717, 1.165) is 0 Å². The number of ether oxygens (including phenoxy) is 1. The summed E-state index contributed by atoms with van der Waals surface area (Å²) in [5, 5.41) is 8.64. The van der Waals surface area contributed by atoms with Gasteiger partial charge in [-0.3, -0.25) is 0 Å². The van der Waals surface area contributed by atoms with Crippen molar-refractivity contribution in [1.29, 1.82) is 0 Å². The van der Waals surface area contributed by atoms with Gasteiger partial charge in [-0.1, -0.05) is 0 Å². The van der Waals surface area contributed by atoms with Gasteiger partial charge in [0.05, 0.1) is 12.2 Å². The van der Waals surface area contributed by atoms with Crippen LogP contribution in [0.3, 0.4) is 0 Å². The van der Waals surface area contributed by atoms with Gasteiger partial charge in [-0.05, 0) is 18.2 Å². The summed E-state index contributed by atoms with van der Waals surface area (Å²) >= 11 is 0. The van der Waals surface area contributed by atoms with Crippen LogP contribution in [-0.4, -0.2) is 31.9 Å². The standard InChI is InChI=1S/C12H15F2NO2/c1-15-5-7-17-11-3-2-9(8-10(11)15)12(13,14)4-6-16/h2-3,8,16H,4-7H2,1H3. The minimum absolute atomic E-state index is 0.0809. The van der Waals surface area contributed by atoms with Crippen LogP contribution in [0.1, 0.15) is 12.0 Å². The fourth-order valence-electron chi connectivity index (χ4n) is 1.86. The first-order valence-corrected chi connectivity index (χ1v) is 5.52. The van der Waals surface area contributed by atoms with Crippen LogP contribution in [0.15, 0.2) is 18.2 Å². The molecule has 0 radical (unpaired) electrons. The van der Waals surface area contributed by atoms with Crippen molar-refractivity contribution in [3.63, 3.8) is 0 Å². The zero-order valence-electron chi connectivity index (χ0n) is 9.62. The van der Waals surface area contributed by atoms with E-state index in [2.05, 4.69) is 0 Å². The Morgan fingerprint density at radius 2 is 2.24 bits per heavy atom. The predicted molar refractivity (Wildman–Crippen MR) is 60.8 cm³/mol. The first-order chi connectivity index (χ1) is 8.04. The lowest BCUT2D eigenvalue weighted by Crippen LogP contribution is -2.29. The molecule has 0 spiro atoms. The van der Waals surface area contributed by atoms with Gasteiger partial charge in [-0.15, -0.1) is 0 Å². The largest absolute Gasteiger partial charge is 0.490 e. The van der Waals surface area contributed by atoms with Crippen molar-refractivity contribution in [2.45, 2.75) is 12.3 Å². The molecule has 0 saturated carbocycles. The topological polar surface area (TPSA) is 32.7 Å². The summed E-state index contributed by atoms with van der Waals surface area (Å²) in [4.78, 5) is 1.89. The van der Waals surface area contributed by atoms with Crippen molar-refractivity contribution in [3.05, 3.63) is 23.8 Å². The molecular weight excluding hydrogens is 228 g/mol. The molecule has 3 nitrogen and oxygen atoms in total. The van der Waals surface area contributed by atoms with E-state index in [9.17, 15) is 8.78 Å². The molecule has 1 aromatic rings. The summed E-state index contributed by atoms with van der Waals surface area (Å²) in [5.41, 5.74) is 0.592. The Hall–Kier alpha value is -1.36. The van der Waals surface area contributed by atoms with Crippen molar-refractivity contribution in [1.82, 2.24) is 0 Å². The van der Waals surface area contributed by atoms with E-state index in [1.165, 1.54) is 12.1 Å². The SMILES string of the molecule is CN1CCOc2ccc(C(F)(F)CCO)cc21. The lowest BCUT2D eigenvalue weighted by Gasteiger charge is -2.29. The molecule has 0 aliphatic carbocycles. The van der Waals surface area contributed by atoms with E-state index in [1.807, 2.05) is 11.9 Å². The molecule has 17 heavy (non-hydrogen) atoms. The van der Waals surface area contributed by atoms with Gasteiger partial charge < -0.3 is 14.7 Å². The highest BCUT2D eigenvalue weighted by Gasteiger charge is 2.32. The molecule has 2 rings (SSSR count). The van der Waals surface area contributed by atoms with E-state index in [4.69, 9.17) is 9.84 Å². The summed E-state index contributed by atoms with van der Waals surface area (Å²) in [5.74, 6) is -2.37. The van der Waals surface area contributed by atoms with E-state index in [0.29, 0.717) is 24.6 Å². The van der Waals surface area contributed by atoms with Crippen LogP contribution in [0, 0.1) is 0 Å². The van der Waals surface area contributed by atoms with Gasteiger partial charge in [-0.25, -0.2) is 8.78 Å². The van der Waals surface area contributed by atoms with Gasteiger partial charge in [0.25, 0.3) is 5.92 Å². The van der Waals surface area contributed by atoms with Gasteiger partial charge >= 0.3 is 0 Å². The molecule has 1 N–H and O–H groups in total. The van der Waals surface area contributed by atoms with Crippen molar-refractivity contribution in [2.75, 3.05) is 31.7 Å². The molecule has 94 valence electrons. The maximum absolute atomic E-state index is 13.6. The second-order valence-corrected chi connectivity index (χ2v) is 4.13. The summed E-state index contributed by atoms with van der Waals surface area (Å²) in [6, 6.07) is 4.35. The van der Waals surface area contributed by atoms with Crippen LogP contribution in [0.5, 0.6) is 5.75 Å². The number of aliphatic hydroxyl groups is 1. The molecule has 0 saturated heterocycles. The lowest BCUT2D eigenvalue weighted by atomic mass is 10.0. The first-order valence-electron chi connectivity index (χ1n) is 5.52. The van der Waals surface area contributed by atoms with E-state index in [1.54, 1.807) is 6.07 Å². The highest BCUT2D eigenvalue weighted by Crippen LogP contribution is 2.38. The molecule has 1 aliphatic heterocycles. The Morgan fingerprint density at radius 1 is 1.47 bits per heavy atom. The molecule has 0 aromatic heterocycles. The molecule has 1 aliphatic rings. The molecule has 0 fully saturated rings. The monoisotopic (exact) mass is 243 g/mol. The van der Waals surface area contributed by atoms with Crippen molar-refractivity contribution in [3.8, 4) is 5.75 Å². The van der Waals surface area contributed by atoms with Crippen LogP contribution in [0.25, 0.3) is 0 Å². The number of fused-ring (bicyclic) bond motifs is 1. The Balaban J connectivity index is 2.35. The second-order valence-electron chi connectivity index (χ2n) is 4.13. The minimum atomic E-state index is -3.00. The van der Waals surface area contributed by atoms with Crippen molar-refractivity contribution < 1.29 is 18.6 Å². The molecule has 0 atom stereocenters. The van der Waals surface area contributed by atoms with Crippen molar-refractivity contribution >= 4 is 5.69 Å². The second kappa shape index (κ2) is 4.49. The fraction of sp³-hybridized carbons (Fsp3) is 0.500. The Kier molecular flexibility index (Phi) is 3.19. The van der Waals surface area contributed by atoms with Crippen LogP contribution >= 0.6 is 0 Å². The van der Waals surface area contributed by atoms with Crippen LogP contribution < -0.4 is 9.64 Å². The maximum atomic E-state index is 13.6. The number of anilines is 1. The number of aliphatic hydroxyl groups excluding tert-OH is 1. The average molecular weight is 243 g/mol. The van der Waals surface area contributed by atoms with Crippen LogP contribution in [0.2, 0.25) is 0 Å². The summed E-state index contributed by atoms with van der Waals surface area (Å²) in [7, 11) is 1.84. The Bertz CT molecular complexity index is 409. The van der Waals surface area contributed by atoms with E-state index >= 15 is 0 Å². The highest BCUT2D eigenvalue weighted by atomic mass is 19.3. The van der Waals surface area contributed by atoms with Gasteiger partial charge in [-0.2, -0.15) is 0 Å². The van der Waals surface area contributed by atoms with Crippen molar-refractivity contribution in [2.24, 2.45) is 0 Å². The summed E-state index contributed by atoms with van der Waals surface area (Å²) in [6.07, 6.45) is -0.559. The first kappa shape index (κ1) is 12.1. The predicted octanol–water partition coefficient (Wildman–Crippen LogP) is 1.99. The smallest absolute Gasteiger partial charge is 0.275 e. The van der Waals surface area contributed by atoms with Crippen LogP contribution in [-0.2, 0) is 5.92 Å². The minimum Gasteiger partial charge on any atom is -0.490 e. The number of hydrogen-bond acceptors (Lipinski definition) is 3. The molecule has 1 heterocycles.